The number of hydrogen-bond donors (Lipinski definition) is 1. The van der Waals surface area contributed by atoms with Gasteiger partial charge in [0.1, 0.15) is 5.15 Å². The van der Waals surface area contributed by atoms with Gasteiger partial charge in [0.2, 0.25) is 0 Å². The third-order valence-corrected chi connectivity index (χ3v) is 2.58. The predicted molar refractivity (Wildman–Crippen MR) is 46.4 cm³/mol. The van der Waals surface area contributed by atoms with Crippen molar-refractivity contribution >= 4 is 44.8 Å². The van der Waals surface area contributed by atoms with E-state index < -0.39 is 0 Å². The van der Waals surface area contributed by atoms with Crippen LogP contribution in [0.5, 0.6) is 0 Å². The number of pyridine rings is 1. The van der Waals surface area contributed by atoms with Gasteiger partial charge in [-0.15, -0.1) is 0 Å². The Labute approximate surface area is 76.5 Å². The van der Waals surface area contributed by atoms with Gasteiger partial charge in [-0.3, -0.25) is 0 Å². The highest BCUT2D eigenvalue weighted by molar-refractivity contribution is 9.10. The normalized spacial score (nSPS) is 9.90. The fourth-order valence-corrected chi connectivity index (χ4v) is 1.18. The lowest BCUT2D eigenvalue weighted by Crippen LogP contribution is -1.90. The first-order valence-corrected chi connectivity index (χ1v) is 3.93. The van der Waals surface area contributed by atoms with Crippen molar-refractivity contribution in [3.05, 3.63) is 20.8 Å². The van der Waals surface area contributed by atoms with Crippen LogP contribution in [0.3, 0.4) is 0 Å². The molecule has 1 aromatic heterocycles. The van der Waals surface area contributed by atoms with Gasteiger partial charge in [-0.05, 0) is 15.9 Å². The molecule has 1 heterocycles. The van der Waals surface area contributed by atoms with Crippen molar-refractivity contribution in [1.29, 1.82) is 0 Å². The second-order valence-electron chi connectivity index (χ2n) is 1.62. The molecule has 0 aliphatic carbocycles. The van der Waals surface area contributed by atoms with Gasteiger partial charge in [0.05, 0.1) is 15.2 Å². The summed E-state index contributed by atoms with van der Waals surface area (Å²) in [6.45, 7) is 0. The molecule has 0 spiro atoms. The standard InChI is InChI=1S/C5H3BrCl2N2/c6-3-4(9)2(7)1-10-5(3)8/h1H,(H2,9,10). The van der Waals surface area contributed by atoms with Crippen molar-refractivity contribution in [2.75, 3.05) is 5.73 Å². The Morgan fingerprint density at radius 3 is 2.60 bits per heavy atom. The molecule has 0 atom stereocenters. The number of nitrogens with two attached hydrogens (primary N) is 1. The zero-order valence-corrected chi connectivity index (χ0v) is 7.83. The highest BCUT2D eigenvalue weighted by atomic mass is 79.9. The average molecular weight is 242 g/mol. The van der Waals surface area contributed by atoms with E-state index in [1.165, 1.54) is 6.20 Å². The molecule has 0 amide bonds. The van der Waals surface area contributed by atoms with Crippen LogP contribution in [0.25, 0.3) is 0 Å². The maximum absolute atomic E-state index is 5.61. The molecule has 0 unspecified atom stereocenters. The minimum Gasteiger partial charge on any atom is -0.396 e. The lowest BCUT2D eigenvalue weighted by Gasteiger charge is -2.00. The van der Waals surface area contributed by atoms with E-state index in [1.54, 1.807) is 0 Å². The van der Waals surface area contributed by atoms with E-state index >= 15 is 0 Å². The molecular formula is C5H3BrCl2N2. The first-order chi connectivity index (χ1) is 4.63. The minimum absolute atomic E-state index is 0.321. The van der Waals surface area contributed by atoms with E-state index in [0.29, 0.717) is 20.3 Å². The van der Waals surface area contributed by atoms with Crippen molar-refractivity contribution in [2.45, 2.75) is 0 Å². The first kappa shape index (κ1) is 8.11. The van der Waals surface area contributed by atoms with Crippen molar-refractivity contribution < 1.29 is 0 Å². The smallest absolute Gasteiger partial charge is 0.145 e. The largest absolute Gasteiger partial charge is 0.396 e. The van der Waals surface area contributed by atoms with Crippen LogP contribution in [0.1, 0.15) is 0 Å². The van der Waals surface area contributed by atoms with Crippen molar-refractivity contribution in [3.8, 4) is 0 Å². The lowest BCUT2D eigenvalue weighted by molar-refractivity contribution is 1.31. The molecule has 2 nitrogen and oxygen atoms in total. The number of nitrogens with zero attached hydrogens (tertiary/aromatic N) is 1. The first-order valence-electron chi connectivity index (χ1n) is 2.38. The van der Waals surface area contributed by atoms with Gasteiger partial charge in [-0.1, -0.05) is 23.2 Å². The Hall–Kier alpha value is 0.01000. The Balaban J connectivity index is 3.34. The maximum Gasteiger partial charge on any atom is 0.145 e. The average Bonchev–Trinajstić information content (AvgIpc) is 1.93. The van der Waals surface area contributed by atoms with Gasteiger partial charge in [0, 0.05) is 6.20 Å². The fourth-order valence-electron chi connectivity index (χ4n) is 0.456. The summed E-state index contributed by atoms with van der Waals surface area (Å²) in [5.41, 5.74) is 5.90. The molecule has 54 valence electrons. The molecule has 0 fully saturated rings. The molecule has 0 aliphatic heterocycles. The highest BCUT2D eigenvalue weighted by Crippen LogP contribution is 2.31. The van der Waals surface area contributed by atoms with Gasteiger partial charge < -0.3 is 5.73 Å². The quantitative estimate of drug-likeness (QED) is 0.710. The van der Waals surface area contributed by atoms with Gasteiger partial charge >= 0.3 is 0 Å². The van der Waals surface area contributed by atoms with Gasteiger partial charge in [-0.2, -0.15) is 0 Å². The van der Waals surface area contributed by atoms with E-state index in [2.05, 4.69) is 20.9 Å². The van der Waals surface area contributed by atoms with Crippen molar-refractivity contribution in [3.63, 3.8) is 0 Å². The Morgan fingerprint density at radius 1 is 1.50 bits per heavy atom. The van der Waals surface area contributed by atoms with Crippen molar-refractivity contribution in [2.24, 2.45) is 0 Å². The number of anilines is 1. The van der Waals surface area contributed by atoms with Gasteiger partial charge in [0.15, 0.2) is 0 Å². The van der Waals surface area contributed by atoms with Gasteiger partial charge in [-0.25, -0.2) is 4.98 Å². The lowest BCUT2D eigenvalue weighted by atomic mass is 10.4. The highest BCUT2D eigenvalue weighted by Gasteiger charge is 2.05. The van der Waals surface area contributed by atoms with E-state index in [-0.39, 0.29) is 0 Å². The second-order valence-corrected chi connectivity index (χ2v) is 3.18. The maximum atomic E-state index is 5.61. The van der Waals surface area contributed by atoms with Crippen LogP contribution in [-0.2, 0) is 0 Å². The van der Waals surface area contributed by atoms with Crippen LogP contribution in [0, 0.1) is 0 Å². The molecule has 1 rings (SSSR count). The second kappa shape index (κ2) is 2.95. The Morgan fingerprint density at radius 2 is 2.10 bits per heavy atom. The van der Waals surface area contributed by atoms with E-state index in [1.807, 2.05) is 0 Å². The van der Waals surface area contributed by atoms with Crippen LogP contribution in [0.15, 0.2) is 10.7 Å². The number of halogens is 3. The monoisotopic (exact) mass is 240 g/mol. The van der Waals surface area contributed by atoms with Crippen LogP contribution < -0.4 is 5.73 Å². The molecule has 0 aliphatic rings. The predicted octanol–water partition coefficient (Wildman–Crippen LogP) is 2.73. The number of hydrogen-bond acceptors (Lipinski definition) is 2. The number of nitrogen functional groups attached to an aromatic ring is 1. The summed E-state index contributed by atoms with van der Waals surface area (Å²) in [4.78, 5) is 3.75. The molecule has 0 bridgehead atoms. The van der Waals surface area contributed by atoms with Crippen LogP contribution >= 0.6 is 39.1 Å². The SMILES string of the molecule is Nc1c(Cl)cnc(Cl)c1Br. The molecule has 0 aromatic carbocycles. The molecule has 0 radical (unpaired) electrons. The summed E-state index contributed by atoms with van der Waals surface area (Å²) in [6, 6.07) is 0. The van der Waals surface area contributed by atoms with Crippen LogP contribution in [-0.4, -0.2) is 4.98 Å². The van der Waals surface area contributed by atoms with E-state index in [0.717, 1.165) is 0 Å². The molecule has 1 aromatic rings. The summed E-state index contributed by atoms with van der Waals surface area (Å²) >= 11 is 14.3. The van der Waals surface area contributed by atoms with Gasteiger partial charge in [0.25, 0.3) is 0 Å². The summed E-state index contributed by atoms with van der Waals surface area (Å²) < 4.78 is 0.543. The number of aromatic nitrogens is 1. The third-order valence-electron chi connectivity index (χ3n) is 0.966. The fraction of sp³-hybridized carbons (Fsp3) is 0. The summed E-state index contributed by atoms with van der Waals surface area (Å²) in [6.07, 6.45) is 1.41. The molecule has 5 heteroatoms. The summed E-state index contributed by atoms with van der Waals surface area (Å²) in [5, 5.41) is 0.721. The molecule has 10 heavy (non-hydrogen) atoms. The minimum atomic E-state index is 0.321. The number of rotatable bonds is 0. The third kappa shape index (κ3) is 1.36. The summed E-state index contributed by atoms with van der Waals surface area (Å²) in [7, 11) is 0. The topological polar surface area (TPSA) is 38.9 Å². The molecule has 0 saturated heterocycles. The Kier molecular flexibility index (Phi) is 2.39. The van der Waals surface area contributed by atoms with Crippen LogP contribution in [0.4, 0.5) is 5.69 Å². The zero-order valence-electron chi connectivity index (χ0n) is 4.74. The van der Waals surface area contributed by atoms with Crippen LogP contribution in [0.2, 0.25) is 10.2 Å². The Bertz CT molecular complexity index is 237. The van der Waals surface area contributed by atoms with E-state index in [9.17, 15) is 0 Å². The molecule has 2 N–H and O–H groups in total. The molecule has 0 saturated carbocycles. The summed E-state index contributed by atoms with van der Waals surface area (Å²) in [5.74, 6) is 0. The zero-order chi connectivity index (χ0) is 7.72. The van der Waals surface area contributed by atoms with E-state index in [4.69, 9.17) is 28.9 Å². The van der Waals surface area contributed by atoms with Crippen molar-refractivity contribution in [1.82, 2.24) is 4.98 Å². The molecular weight excluding hydrogens is 239 g/mol.